The van der Waals surface area contributed by atoms with Crippen LogP contribution in [-0.4, -0.2) is 62.5 Å². The molecule has 2 aliphatic heterocycles. The van der Waals surface area contributed by atoms with Crippen molar-refractivity contribution in [3.05, 3.63) is 65.2 Å². The third-order valence-electron chi connectivity index (χ3n) is 6.28. The van der Waals surface area contributed by atoms with Gasteiger partial charge in [0.1, 0.15) is 6.54 Å². The number of nitrogens with one attached hydrogen (secondary N) is 3. The molecule has 2 aromatic rings. The van der Waals surface area contributed by atoms with Crippen LogP contribution >= 0.6 is 0 Å². The van der Waals surface area contributed by atoms with Gasteiger partial charge >= 0.3 is 0 Å². The normalized spacial score (nSPS) is 19.2. The molecule has 1 saturated heterocycles. The van der Waals surface area contributed by atoms with Crippen LogP contribution in [0.5, 0.6) is 0 Å². The number of anilines is 1. The summed E-state index contributed by atoms with van der Waals surface area (Å²) in [6, 6.07) is 16.4. The number of amides is 2. The van der Waals surface area contributed by atoms with Gasteiger partial charge in [-0.2, -0.15) is 0 Å². The van der Waals surface area contributed by atoms with E-state index in [1.807, 2.05) is 36.1 Å². The summed E-state index contributed by atoms with van der Waals surface area (Å²) < 4.78 is 0. The molecule has 0 aromatic heterocycles. The zero-order valence-electron chi connectivity index (χ0n) is 17.7. The van der Waals surface area contributed by atoms with Crippen LogP contribution in [0.25, 0.3) is 0 Å². The van der Waals surface area contributed by atoms with Crippen molar-refractivity contribution in [2.24, 2.45) is 0 Å². The summed E-state index contributed by atoms with van der Waals surface area (Å²) in [4.78, 5) is 29.7. The molecule has 0 saturated carbocycles. The molecule has 2 heterocycles. The minimum Gasteiger partial charge on any atom is -0.327 e. The Morgan fingerprint density at radius 3 is 2.33 bits per heavy atom. The summed E-state index contributed by atoms with van der Waals surface area (Å²) in [5, 5.41) is 2.97. The second-order valence-electron chi connectivity index (χ2n) is 8.59. The molecule has 158 valence electrons. The first kappa shape index (κ1) is 20.6. The minimum atomic E-state index is 0.0325. The molecule has 2 aromatic carbocycles. The molecule has 0 aliphatic carbocycles. The lowest BCUT2D eigenvalue weighted by molar-refractivity contribution is -0.909. The number of aryl methyl sites for hydroxylation is 1. The van der Waals surface area contributed by atoms with E-state index in [2.05, 4.69) is 29.6 Å². The van der Waals surface area contributed by atoms with Crippen molar-refractivity contribution in [1.29, 1.82) is 0 Å². The van der Waals surface area contributed by atoms with Gasteiger partial charge in [0.2, 0.25) is 0 Å². The number of quaternary nitrogens is 2. The van der Waals surface area contributed by atoms with E-state index in [9.17, 15) is 9.59 Å². The number of carbonyl (C=O) groups is 2. The van der Waals surface area contributed by atoms with Gasteiger partial charge < -0.3 is 20.0 Å². The number of nitrogens with zero attached hydrogens (tertiary/aromatic N) is 1. The van der Waals surface area contributed by atoms with Gasteiger partial charge in [0, 0.05) is 17.7 Å². The number of hydrogen-bond acceptors (Lipinski definition) is 2. The molecule has 0 spiro atoms. The monoisotopic (exact) mass is 408 g/mol. The summed E-state index contributed by atoms with van der Waals surface area (Å²) in [5.41, 5.74) is 4.81. The number of benzene rings is 2. The van der Waals surface area contributed by atoms with E-state index in [0.717, 1.165) is 51.4 Å². The fourth-order valence-corrected chi connectivity index (χ4v) is 4.44. The summed E-state index contributed by atoms with van der Waals surface area (Å²) in [5.74, 6) is 0.276. The lowest BCUT2D eigenvalue weighted by atomic mass is 10.00. The Labute approximate surface area is 178 Å². The number of carbonyl (C=O) groups excluding carboxylic acids is 2. The molecule has 2 aliphatic rings. The molecule has 0 bridgehead atoms. The fraction of sp³-hybridized carbons (Fsp3) is 0.417. The summed E-state index contributed by atoms with van der Waals surface area (Å²) >= 11 is 0. The predicted octanol–water partition coefficient (Wildman–Crippen LogP) is -0.698. The highest BCUT2D eigenvalue weighted by molar-refractivity contribution is 5.91. The average molecular weight is 409 g/mol. The molecular weight excluding hydrogens is 376 g/mol. The average Bonchev–Trinajstić information content (AvgIpc) is 2.76. The Morgan fingerprint density at radius 2 is 1.60 bits per heavy atom. The second-order valence-corrected chi connectivity index (χ2v) is 8.59. The number of piperazine rings is 1. The summed E-state index contributed by atoms with van der Waals surface area (Å²) in [6.45, 7) is 8.12. The molecule has 1 unspecified atom stereocenters. The first-order valence-electron chi connectivity index (χ1n) is 10.9. The number of fused-ring (bicyclic) bond motifs is 1. The van der Waals surface area contributed by atoms with Crippen molar-refractivity contribution >= 4 is 17.5 Å². The van der Waals surface area contributed by atoms with Crippen molar-refractivity contribution in [3.8, 4) is 0 Å². The maximum atomic E-state index is 12.8. The highest BCUT2D eigenvalue weighted by atomic mass is 16.2. The van der Waals surface area contributed by atoms with Crippen LogP contribution in [-0.2, 0) is 22.6 Å². The smallest absolute Gasteiger partial charge is 0.279 e. The minimum absolute atomic E-state index is 0.0325. The predicted molar refractivity (Wildman–Crippen MR) is 116 cm³/mol. The van der Waals surface area contributed by atoms with Crippen LogP contribution in [0.3, 0.4) is 0 Å². The largest absolute Gasteiger partial charge is 0.327 e. The van der Waals surface area contributed by atoms with Gasteiger partial charge in [-0.3, -0.25) is 9.59 Å². The van der Waals surface area contributed by atoms with Gasteiger partial charge in [0.25, 0.3) is 11.8 Å². The van der Waals surface area contributed by atoms with Crippen molar-refractivity contribution in [2.45, 2.75) is 19.9 Å². The highest BCUT2D eigenvalue weighted by Gasteiger charge is 2.28. The quantitative estimate of drug-likeness (QED) is 0.613. The van der Waals surface area contributed by atoms with E-state index in [1.165, 1.54) is 26.5 Å². The van der Waals surface area contributed by atoms with E-state index in [0.29, 0.717) is 13.1 Å². The topological polar surface area (TPSA) is 58.3 Å². The number of rotatable bonds is 5. The maximum absolute atomic E-state index is 12.8. The molecule has 3 N–H and O–H groups in total. The molecule has 0 radical (unpaired) electrons. The van der Waals surface area contributed by atoms with Crippen molar-refractivity contribution in [1.82, 2.24) is 4.90 Å². The first-order chi connectivity index (χ1) is 14.6. The van der Waals surface area contributed by atoms with Gasteiger partial charge in [0.15, 0.2) is 13.1 Å². The first-order valence-corrected chi connectivity index (χ1v) is 10.9. The van der Waals surface area contributed by atoms with Gasteiger partial charge in [-0.05, 0) is 24.6 Å². The van der Waals surface area contributed by atoms with Crippen LogP contribution in [0.4, 0.5) is 5.69 Å². The molecule has 6 heteroatoms. The lowest BCUT2D eigenvalue weighted by Gasteiger charge is -2.33. The Kier molecular flexibility index (Phi) is 6.45. The van der Waals surface area contributed by atoms with E-state index in [1.54, 1.807) is 0 Å². The van der Waals surface area contributed by atoms with Gasteiger partial charge in [-0.15, -0.1) is 0 Å². The van der Waals surface area contributed by atoms with Gasteiger partial charge in [-0.25, -0.2) is 0 Å². The Balaban J connectivity index is 1.20. The van der Waals surface area contributed by atoms with E-state index >= 15 is 0 Å². The molecular formula is C24H32N4O2+2. The second kappa shape index (κ2) is 9.41. The molecule has 4 rings (SSSR count). The summed E-state index contributed by atoms with van der Waals surface area (Å²) in [7, 11) is 0. The van der Waals surface area contributed by atoms with Crippen molar-refractivity contribution in [3.63, 3.8) is 0 Å². The highest BCUT2D eigenvalue weighted by Crippen LogP contribution is 2.10. The third kappa shape index (κ3) is 5.26. The molecule has 2 amide bonds. The van der Waals surface area contributed by atoms with Crippen molar-refractivity contribution in [2.75, 3.05) is 51.1 Å². The zero-order valence-corrected chi connectivity index (χ0v) is 17.7. The number of hydrogen-bond donors (Lipinski definition) is 3. The van der Waals surface area contributed by atoms with Crippen LogP contribution in [0.15, 0.2) is 48.5 Å². The molecule has 6 nitrogen and oxygen atoms in total. The van der Waals surface area contributed by atoms with Crippen LogP contribution < -0.4 is 15.1 Å². The van der Waals surface area contributed by atoms with E-state index < -0.39 is 0 Å². The lowest BCUT2D eigenvalue weighted by Crippen LogP contribution is -3.16. The summed E-state index contributed by atoms with van der Waals surface area (Å²) in [6.07, 6.45) is 1.05. The van der Waals surface area contributed by atoms with Crippen LogP contribution in [0, 0.1) is 6.92 Å². The third-order valence-corrected chi connectivity index (χ3v) is 6.28. The van der Waals surface area contributed by atoms with Crippen LogP contribution in [0.2, 0.25) is 0 Å². The Morgan fingerprint density at radius 1 is 0.900 bits per heavy atom. The molecule has 30 heavy (non-hydrogen) atoms. The molecule has 1 fully saturated rings. The molecule has 1 atom stereocenters. The van der Waals surface area contributed by atoms with Crippen LogP contribution in [0.1, 0.15) is 16.7 Å². The zero-order chi connectivity index (χ0) is 20.9. The fourth-order valence-electron chi connectivity index (χ4n) is 4.44. The van der Waals surface area contributed by atoms with Gasteiger partial charge in [0.05, 0.1) is 32.7 Å². The Hall–Kier alpha value is -2.70. The standard InChI is InChI=1S/C24H30N4O2/c1-19-6-8-22(9-7-19)25-23(29)17-26-12-14-28(15-13-26)24(30)18-27-11-10-20-4-2-3-5-21(20)16-27/h2-9H,10-18H2,1H3,(H,25,29)/p+2. The van der Waals surface area contributed by atoms with Gasteiger partial charge in [-0.1, -0.05) is 42.0 Å². The SMILES string of the molecule is Cc1ccc(NC(=O)C[NH+]2CCN(C(=O)C[NH+]3CCc4ccccc4C3)CC2)cc1. The van der Waals surface area contributed by atoms with E-state index in [4.69, 9.17) is 0 Å². The maximum Gasteiger partial charge on any atom is 0.279 e. The van der Waals surface area contributed by atoms with E-state index in [-0.39, 0.29) is 11.8 Å². The Bertz CT molecular complexity index is 888. The van der Waals surface area contributed by atoms with Crippen molar-refractivity contribution < 1.29 is 19.4 Å².